The first-order valence-corrected chi connectivity index (χ1v) is 18.3. The molecule has 0 saturated heterocycles. The molecule has 40 heavy (non-hydrogen) atoms. The van der Waals surface area contributed by atoms with Crippen LogP contribution in [0.2, 0.25) is 0 Å². The normalized spacial score (nSPS) is 11.2. The van der Waals surface area contributed by atoms with Gasteiger partial charge in [-0.2, -0.15) is 5.26 Å². The molecule has 4 heteroatoms. The summed E-state index contributed by atoms with van der Waals surface area (Å²) in [6.07, 6.45) is 35.9. The van der Waals surface area contributed by atoms with Gasteiger partial charge in [0.15, 0.2) is 0 Å². The van der Waals surface area contributed by atoms with Crippen LogP contribution in [-0.2, 0) is 17.6 Å². The third-order valence-corrected chi connectivity index (χ3v) is 9.49. The number of thiophene rings is 1. The molecule has 1 aromatic rings. The highest BCUT2D eigenvalue weighted by atomic mass is 32.1. The van der Waals surface area contributed by atoms with Crippen molar-refractivity contribution in [1.82, 2.24) is 0 Å². The molecule has 0 bridgehead atoms. The Kier molecular flexibility index (Phi) is 24.4. The van der Waals surface area contributed by atoms with E-state index >= 15 is 0 Å². The Bertz CT molecular complexity index is 778. The van der Waals surface area contributed by atoms with E-state index in [0.717, 1.165) is 29.8 Å². The van der Waals surface area contributed by atoms with E-state index in [9.17, 15) is 10.1 Å². The topological polar surface area (TPSA) is 52.9 Å². The van der Waals surface area contributed by atoms with E-state index in [1.54, 1.807) is 11.3 Å². The largest absolute Gasteiger partial charge is 0.317 e. The standard InChI is InChI=1S/C36H64N2OS/c1-4-6-8-10-12-14-16-18-19-21-23-25-27-29-33-34(31-37)36(38-32(3)39)40-35(33)30-28-26-24-22-20-17-15-13-11-9-7-5-2/h4-30H2,1-3H3,(H,38,39). The van der Waals surface area contributed by atoms with Crippen LogP contribution in [0.3, 0.4) is 0 Å². The third kappa shape index (κ3) is 18.9. The first-order valence-electron chi connectivity index (χ1n) is 17.5. The number of anilines is 1. The fourth-order valence-corrected chi connectivity index (χ4v) is 7.08. The number of nitrogens with one attached hydrogen (secondary N) is 1. The van der Waals surface area contributed by atoms with Crippen molar-refractivity contribution in [2.75, 3.05) is 5.32 Å². The molecule has 0 saturated carbocycles. The smallest absolute Gasteiger partial charge is 0.221 e. The molecule has 1 N–H and O–H groups in total. The summed E-state index contributed by atoms with van der Waals surface area (Å²) in [5.41, 5.74) is 1.95. The summed E-state index contributed by atoms with van der Waals surface area (Å²) in [6, 6.07) is 2.43. The van der Waals surface area contributed by atoms with Gasteiger partial charge in [0.1, 0.15) is 11.1 Å². The van der Waals surface area contributed by atoms with E-state index < -0.39 is 0 Å². The molecule has 1 amide bonds. The van der Waals surface area contributed by atoms with E-state index in [2.05, 4.69) is 25.2 Å². The quantitative estimate of drug-likeness (QED) is 0.102. The Morgan fingerprint density at radius 1 is 0.600 bits per heavy atom. The summed E-state index contributed by atoms with van der Waals surface area (Å²) in [5.74, 6) is -0.0813. The molecule has 0 aliphatic heterocycles. The van der Waals surface area contributed by atoms with Crippen LogP contribution in [0.4, 0.5) is 5.00 Å². The van der Waals surface area contributed by atoms with Gasteiger partial charge in [-0.1, -0.05) is 162 Å². The van der Waals surface area contributed by atoms with Crippen molar-refractivity contribution in [3.63, 3.8) is 0 Å². The molecule has 0 radical (unpaired) electrons. The lowest BCUT2D eigenvalue weighted by Gasteiger charge is -2.06. The molecule has 1 heterocycles. The fraction of sp³-hybridized carbons (Fsp3) is 0.833. The number of carbonyl (C=O) groups excluding carboxylic acids is 1. The number of nitriles is 1. The van der Waals surface area contributed by atoms with Crippen LogP contribution in [0.1, 0.15) is 197 Å². The molecule has 0 atom stereocenters. The first-order chi connectivity index (χ1) is 19.6. The highest BCUT2D eigenvalue weighted by Crippen LogP contribution is 2.35. The molecule has 1 aromatic heterocycles. The highest BCUT2D eigenvalue weighted by molar-refractivity contribution is 7.16. The highest BCUT2D eigenvalue weighted by Gasteiger charge is 2.18. The van der Waals surface area contributed by atoms with E-state index in [1.807, 2.05) is 0 Å². The molecule has 0 spiro atoms. The molecule has 0 aliphatic rings. The zero-order valence-electron chi connectivity index (χ0n) is 26.9. The number of nitrogens with zero attached hydrogens (tertiary/aromatic N) is 1. The van der Waals surface area contributed by atoms with Gasteiger partial charge >= 0.3 is 0 Å². The van der Waals surface area contributed by atoms with Crippen molar-refractivity contribution < 1.29 is 4.79 Å². The Morgan fingerprint density at radius 3 is 1.30 bits per heavy atom. The molecule has 0 unspecified atom stereocenters. The van der Waals surface area contributed by atoms with Gasteiger partial charge in [0.25, 0.3) is 0 Å². The average Bonchev–Trinajstić information content (AvgIpc) is 3.26. The zero-order chi connectivity index (χ0) is 29.1. The second-order valence-electron chi connectivity index (χ2n) is 12.1. The van der Waals surface area contributed by atoms with Crippen LogP contribution in [0.5, 0.6) is 0 Å². The SMILES string of the molecule is CCCCCCCCCCCCCCCc1c(CCCCCCCCCCCCCC)sc(NC(C)=O)c1C#N. The van der Waals surface area contributed by atoms with Crippen molar-refractivity contribution in [3.05, 3.63) is 16.0 Å². The second kappa shape index (κ2) is 26.6. The zero-order valence-corrected chi connectivity index (χ0v) is 27.7. The van der Waals surface area contributed by atoms with Gasteiger partial charge < -0.3 is 5.32 Å². The second-order valence-corrected chi connectivity index (χ2v) is 13.2. The van der Waals surface area contributed by atoms with Crippen LogP contribution < -0.4 is 5.32 Å². The number of rotatable bonds is 28. The number of aryl methyl sites for hydroxylation is 1. The maximum atomic E-state index is 11.7. The minimum atomic E-state index is -0.0813. The number of hydrogen-bond acceptors (Lipinski definition) is 3. The van der Waals surface area contributed by atoms with Gasteiger partial charge in [-0.05, 0) is 31.2 Å². The molecule has 0 fully saturated rings. The van der Waals surface area contributed by atoms with Crippen LogP contribution in [0.15, 0.2) is 0 Å². The average molecular weight is 573 g/mol. The van der Waals surface area contributed by atoms with Crippen molar-refractivity contribution in [1.29, 1.82) is 5.26 Å². The fourth-order valence-electron chi connectivity index (χ4n) is 5.79. The van der Waals surface area contributed by atoms with Crippen molar-refractivity contribution in [3.8, 4) is 6.07 Å². The third-order valence-electron chi connectivity index (χ3n) is 8.28. The molecular formula is C36H64N2OS. The van der Waals surface area contributed by atoms with E-state index in [0.29, 0.717) is 0 Å². The van der Waals surface area contributed by atoms with Crippen LogP contribution in [0, 0.1) is 11.3 Å². The van der Waals surface area contributed by atoms with E-state index in [4.69, 9.17) is 0 Å². The summed E-state index contributed by atoms with van der Waals surface area (Å²) in [5, 5.41) is 13.6. The minimum Gasteiger partial charge on any atom is -0.317 e. The number of hydrogen-bond donors (Lipinski definition) is 1. The Morgan fingerprint density at radius 2 is 0.950 bits per heavy atom. The van der Waals surface area contributed by atoms with Crippen molar-refractivity contribution in [2.45, 2.75) is 194 Å². The van der Waals surface area contributed by atoms with Crippen LogP contribution >= 0.6 is 11.3 Å². The first kappa shape index (κ1) is 36.7. The summed E-state index contributed by atoms with van der Waals surface area (Å²) < 4.78 is 0. The van der Waals surface area contributed by atoms with Crippen molar-refractivity contribution >= 4 is 22.2 Å². The van der Waals surface area contributed by atoms with Gasteiger partial charge in [0, 0.05) is 11.8 Å². The summed E-state index contributed by atoms with van der Waals surface area (Å²) in [6.45, 7) is 6.10. The van der Waals surface area contributed by atoms with Crippen molar-refractivity contribution in [2.24, 2.45) is 0 Å². The maximum absolute atomic E-state index is 11.7. The molecule has 1 rings (SSSR count). The summed E-state index contributed by atoms with van der Waals surface area (Å²) in [4.78, 5) is 13.1. The Balaban J connectivity index is 2.30. The van der Waals surface area contributed by atoms with Crippen LogP contribution in [0.25, 0.3) is 0 Å². The number of unbranched alkanes of at least 4 members (excludes halogenated alkanes) is 23. The van der Waals surface area contributed by atoms with Gasteiger partial charge in [0.05, 0.1) is 5.56 Å². The summed E-state index contributed by atoms with van der Waals surface area (Å²) in [7, 11) is 0. The van der Waals surface area contributed by atoms with Gasteiger partial charge in [0.2, 0.25) is 5.91 Å². The molecule has 0 aliphatic carbocycles. The monoisotopic (exact) mass is 572 g/mol. The minimum absolute atomic E-state index is 0.0813. The lowest BCUT2D eigenvalue weighted by molar-refractivity contribution is -0.114. The lowest BCUT2D eigenvalue weighted by atomic mass is 9.99. The molecule has 0 aromatic carbocycles. The van der Waals surface area contributed by atoms with E-state index in [-0.39, 0.29) is 5.91 Å². The van der Waals surface area contributed by atoms with Gasteiger partial charge in [-0.25, -0.2) is 0 Å². The Labute approximate surface area is 253 Å². The van der Waals surface area contributed by atoms with Crippen LogP contribution in [-0.4, -0.2) is 5.91 Å². The molecule has 230 valence electrons. The number of amides is 1. The molecule has 3 nitrogen and oxygen atoms in total. The molecular weight excluding hydrogens is 508 g/mol. The Hall–Kier alpha value is -1.34. The number of carbonyl (C=O) groups is 1. The summed E-state index contributed by atoms with van der Waals surface area (Å²) >= 11 is 1.65. The lowest BCUT2D eigenvalue weighted by Crippen LogP contribution is -2.05. The maximum Gasteiger partial charge on any atom is 0.221 e. The predicted molar refractivity (Wildman–Crippen MR) is 178 cm³/mol. The van der Waals surface area contributed by atoms with E-state index in [1.165, 1.54) is 171 Å². The van der Waals surface area contributed by atoms with Gasteiger partial charge in [-0.3, -0.25) is 4.79 Å². The van der Waals surface area contributed by atoms with Gasteiger partial charge in [-0.15, -0.1) is 11.3 Å². The predicted octanol–water partition coefficient (Wildman–Crippen LogP) is 12.5.